The standard InChI is InChI=1S/C18H17N3O4S2/c1-2-16-17(22)20-18(26-16)21-19-12-13-7-6-8-14(11-13)25-27(23,24)15-9-4-3-5-10-15/h3-12,16H,2H2,1H3,(H,20,21,22)/b19-12-/t16-/m1/s1. The fourth-order valence-electron chi connectivity index (χ4n) is 2.28. The molecule has 0 unspecified atom stereocenters. The summed E-state index contributed by atoms with van der Waals surface area (Å²) >= 11 is 1.33. The van der Waals surface area contributed by atoms with E-state index in [1.54, 1.807) is 42.5 Å². The zero-order chi connectivity index (χ0) is 19.3. The summed E-state index contributed by atoms with van der Waals surface area (Å²) in [7, 11) is -3.90. The number of amidine groups is 1. The van der Waals surface area contributed by atoms with Crippen molar-refractivity contribution in [3.8, 4) is 5.75 Å². The Morgan fingerprint density at radius 1 is 1.19 bits per heavy atom. The molecule has 0 radical (unpaired) electrons. The van der Waals surface area contributed by atoms with Crippen LogP contribution in [0, 0.1) is 0 Å². The maximum absolute atomic E-state index is 12.3. The van der Waals surface area contributed by atoms with E-state index in [9.17, 15) is 13.2 Å². The summed E-state index contributed by atoms with van der Waals surface area (Å²) in [6, 6.07) is 14.4. The molecule has 27 heavy (non-hydrogen) atoms. The van der Waals surface area contributed by atoms with Gasteiger partial charge in [-0.2, -0.15) is 13.5 Å². The van der Waals surface area contributed by atoms with Gasteiger partial charge in [0, 0.05) is 0 Å². The minimum atomic E-state index is -3.90. The van der Waals surface area contributed by atoms with E-state index in [1.807, 2.05) is 6.92 Å². The first-order valence-corrected chi connectivity index (χ1v) is 10.4. The molecule has 3 rings (SSSR count). The van der Waals surface area contributed by atoms with Gasteiger partial charge in [-0.05, 0) is 36.2 Å². The van der Waals surface area contributed by atoms with Crippen LogP contribution in [0.4, 0.5) is 0 Å². The van der Waals surface area contributed by atoms with Crippen molar-refractivity contribution >= 4 is 39.2 Å². The van der Waals surface area contributed by atoms with Gasteiger partial charge in [0.2, 0.25) is 5.91 Å². The molecule has 0 aromatic heterocycles. The van der Waals surface area contributed by atoms with Gasteiger partial charge < -0.3 is 9.50 Å². The van der Waals surface area contributed by atoms with Crippen LogP contribution in [-0.4, -0.2) is 31.0 Å². The molecule has 1 heterocycles. The summed E-state index contributed by atoms with van der Waals surface area (Å²) in [4.78, 5) is 11.7. The van der Waals surface area contributed by atoms with Gasteiger partial charge >= 0.3 is 10.1 Å². The molecular weight excluding hydrogens is 386 g/mol. The van der Waals surface area contributed by atoms with E-state index in [2.05, 4.69) is 15.5 Å². The number of nitrogens with zero attached hydrogens (tertiary/aromatic N) is 2. The highest BCUT2D eigenvalue weighted by molar-refractivity contribution is 8.15. The Kier molecular flexibility index (Phi) is 5.92. The second-order valence-electron chi connectivity index (χ2n) is 5.58. The third-order valence-electron chi connectivity index (χ3n) is 3.60. The molecule has 7 nitrogen and oxygen atoms in total. The molecule has 1 fully saturated rings. The minimum absolute atomic E-state index is 0.0713. The van der Waals surface area contributed by atoms with E-state index in [1.165, 1.54) is 30.1 Å². The largest absolute Gasteiger partial charge is 0.379 e. The third kappa shape index (κ3) is 4.95. The van der Waals surface area contributed by atoms with Crippen LogP contribution < -0.4 is 9.50 Å². The van der Waals surface area contributed by atoms with Gasteiger partial charge in [0.1, 0.15) is 10.6 Å². The SMILES string of the molecule is CC[C@H]1S/C(=N\N=C/c2cccc(OS(=O)(=O)c3ccccc3)c2)NC1=O. The summed E-state index contributed by atoms with van der Waals surface area (Å²) in [5.41, 5.74) is 0.612. The topological polar surface area (TPSA) is 97.2 Å². The van der Waals surface area contributed by atoms with Gasteiger partial charge in [-0.3, -0.25) is 4.79 Å². The Morgan fingerprint density at radius 2 is 1.96 bits per heavy atom. The highest BCUT2D eigenvalue weighted by atomic mass is 32.2. The normalized spacial score (nSPS) is 18.8. The summed E-state index contributed by atoms with van der Waals surface area (Å²) < 4.78 is 29.7. The van der Waals surface area contributed by atoms with Crippen molar-refractivity contribution in [2.45, 2.75) is 23.5 Å². The predicted molar refractivity (Wildman–Crippen MR) is 106 cm³/mol. The molecule has 1 N–H and O–H groups in total. The van der Waals surface area contributed by atoms with Crippen LogP contribution in [0.15, 0.2) is 69.7 Å². The molecule has 1 amide bonds. The Hall–Kier alpha value is -2.65. The van der Waals surface area contributed by atoms with Gasteiger partial charge in [0.25, 0.3) is 0 Å². The van der Waals surface area contributed by atoms with E-state index in [0.717, 1.165) is 0 Å². The zero-order valence-electron chi connectivity index (χ0n) is 14.4. The van der Waals surface area contributed by atoms with Crippen molar-refractivity contribution in [3.63, 3.8) is 0 Å². The number of thioether (sulfide) groups is 1. The third-order valence-corrected chi connectivity index (χ3v) is 6.10. The molecule has 0 spiro atoms. The minimum Gasteiger partial charge on any atom is -0.379 e. The number of carbonyl (C=O) groups is 1. The molecular formula is C18H17N3O4S2. The molecule has 9 heteroatoms. The monoisotopic (exact) mass is 403 g/mol. The number of nitrogens with one attached hydrogen (secondary N) is 1. The van der Waals surface area contributed by atoms with Crippen LogP contribution in [0.1, 0.15) is 18.9 Å². The lowest BCUT2D eigenvalue weighted by atomic mass is 10.2. The molecule has 0 aliphatic carbocycles. The fourth-order valence-corrected chi connectivity index (χ4v) is 4.08. The quantitative estimate of drug-likeness (QED) is 0.454. The molecule has 0 saturated carbocycles. The smallest absolute Gasteiger partial charge is 0.339 e. The fraction of sp³-hybridized carbons (Fsp3) is 0.167. The van der Waals surface area contributed by atoms with Gasteiger partial charge in [-0.25, -0.2) is 0 Å². The highest BCUT2D eigenvalue weighted by Gasteiger charge is 2.28. The number of amides is 1. The molecule has 2 aromatic carbocycles. The summed E-state index contributed by atoms with van der Waals surface area (Å²) in [5.74, 6) is 0.100. The van der Waals surface area contributed by atoms with Crippen molar-refractivity contribution in [2.75, 3.05) is 0 Å². The van der Waals surface area contributed by atoms with Crippen molar-refractivity contribution in [1.29, 1.82) is 0 Å². The van der Waals surface area contributed by atoms with E-state index in [-0.39, 0.29) is 21.8 Å². The molecule has 140 valence electrons. The van der Waals surface area contributed by atoms with Gasteiger partial charge in [-0.15, -0.1) is 5.10 Å². The summed E-state index contributed by atoms with van der Waals surface area (Å²) in [6.07, 6.45) is 2.18. The number of benzene rings is 2. The van der Waals surface area contributed by atoms with Crippen LogP contribution >= 0.6 is 11.8 Å². The maximum Gasteiger partial charge on any atom is 0.339 e. The van der Waals surface area contributed by atoms with E-state index in [0.29, 0.717) is 17.2 Å². The van der Waals surface area contributed by atoms with Crippen LogP contribution in [-0.2, 0) is 14.9 Å². The number of hydrogen-bond donors (Lipinski definition) is 1. The summed E-state index contributed by atoms with van der Waals surface area (Å²) in [5, 5.41) is 10.9. The second-order valence-corrected chi connectivity index (χ2v) is 8.31. The Labute approximate surface area is 161 Å². The van der Waals surface area contributed by atoms with Crippen molar-refractivity contribution in [3.05, 3.63) is 60.2 Å². The van der Waals surface area contributed by atoms with Gasteiger partial charge in [0.15, 0.2) is 5.17 Å². The first-order chi connectivity index (χ1) is 13.0. The Balaban J connectivity index is 1.70. The molecule has 0 bridgehead atoms. The van der Waals surface area contributed by atoms with Gasteiger partial charge in [-0.1, -0.05) is 49.0 Å². The Morgan fingerprint density at radius 3 is 2.67 bits per heavy atom. The van der Waals surface area contributed by atoms with Gasteiger partial charge in [0.05, 0.1) is 11.5 Å². The Bertz CT molecular complexity index is 989. The molecule has 1 aliphatic heterocycles. The van der Waals surface area contributed by atoms with Crippen LogP contribution in [0.25, 0.3) is 0 Å². The zero-order valence-corrected chi connectivity index (χ0v) is 16.0. The average Bonchev–Trinajstić information content (AvgIpc) is 3.02. The van der Waals surface area contributed by atoms with E-state index in [4.69, 9.17) is 4.18 Å². The predicted octanol–water partition coefficient (Wildman–Crippen LogP) is 2.79. The number of rotatable bonds is 6. The van der Waals surface area contributed by atoms with E-state index >= 15 is 0 Å². The molecule has 2 aromatic rings. The molecule has 1 aliphatic rings. The second kappa shape index (κ2) is 8.36. The lowest BCUT2D eigenvalue weighted by molar-refractivity contribution is -0.118. The highest BCUT2D eigenvalue weighted by Crippen LogP contribution is 2.22. The van der Waals surface area contributed by atoms with Crippen molar-refractivity contribution in [1.82, 2.24) is 5.32 Å². The summed E-state index contributed by atoms with van der Waals surface area (Å²) in [6.45, 7) is 1.93. The van der Waals surface area contributed by atoms with Crippen LogP contribution in [0.5, 0.6) is 5.75 Å². The van der Waals surface area contributed by atoms with Crippen LogP contribution in [0.2, 0.25) is 0 Å². The maximum atomic E-state index is 12.3. The van der Waals surface area contributed by atoms with Crippen molar-refractivity contribution in [2.24, 2.45) is 10.2 Å². The first kappa shape index (κ1) is 19.1. The number of hydrogen-bond acceptors (Lipinski definition) is 7. The van der Waals surface area contributed by atoms with Crippen molar-refractivity contribution < 1.29 is 17.4 Å². The van der Waals surface area contributed by atoms with E-state index < -0.39 is 10.1 Å². The first-order valence-electron chi connectivity index (χ1n) is 8.16. The van der Waals surface area contributed by atoms with Crippen LogP contribution in [0.3, 0.4) is 0 Å². The number of carbonyl (C=O) groups excluding carboxylic acids is 1. The molecule has 1 atom stereocenters. The molecule has 1 saturated heterocycles. The average molecular weight is 403 g/mol. The lowest BCUT2D eigenvalue weighted by Crippen LogP contribution is -2.24. The lowest BCUT2D eigenvalue weighted by Gasteiger charge is -2.07.